The lowest BCUT2D eigenvalue weighted by atomic mass is 10.4. The van der Waals surface area contributed by atoms with E-state index in [4.69, 9.17) is 9.84 Å². The summed E-state index contributed by atoms with van der Waals surface area (Å²) in [6.45, 7) is 0.353. The fraction of sp³-hybridized carbons (Fsp3) is 0.500. The first-order valence-electron chi connectivity index (χ1n) is 3.80. The molecule has 0 aromatic heterocycles. The van der Waals surface area contributed by atoms with E-state index in [-0.39, 0.29) is 0 Å². The highest BCUT2D eigenvalue weighted by Crippen LogP contribution is 1.95. The van der Waals surface area contributed by atoms with E-state index in [1.807, 2.05) is 0 Å². The van der Waals surface area contributed by atoms with Gasteiger partial charge in [0.25, 0.3) is 0 Å². The second kappa shape index (κ2) is 8.03. The zero-order valence-electron chi connectivity index (χ0n) is 7.03. The molecule has 0 aromatic rings. The molecule has 1 N–H and O–H groups in total. The number of rotatable bonds is 6. The quantitative estimate of drug-likeness (QED) is 0.265. The van der Waals surface area contributed by atoms with Crippen molar-refractivity contribution in [2.75, 3.05) is 11.0 Å². The molecular formula is C8H11IO4. The van der Waals surface area contributed by atoms with Crippen LogP contribution in [-0.4, -0.2) is 28.1 Å². The molecule has 0 fully saturated rings. The Morgan fingerprint density at radius 3 is 2.54 bits per heavy atom. The van der Waals surface area contributed by atoms with E-state index in [0.717, 1.165) is 29.4 Å². The van der Waals surface area contributed by atoms with Gasteiger partial charge in [0.2, 0.25) is 0 Å². The van der Waals surface area contributed by atoms with Crippen LogP contribution in [0.15, 0.2) is 12.2 Å². The highest BCUT2D eigenvalue weighted by Gasteiger charge is 1.97. The molecule has 0 aliphatic carbocycles. The molecule has 0 aliphatic heterocycles. The Morgan fingerprint density at radius 2 is 2.00 bits per heavy atom. The van der Waals surface area contributed by atoms with Crippen molar-refractivity contribution < 1.29 is 19.4 Å². The average Bonchev–Trinajstić information content (AvgIpc) is 2.09. The summed E-state index contributed by atoms with van der Waals surface area (Å²) in [5.41, 5.74) is 0. The van der Waals surface area contributed by atoms with Gasteiger partial charge in [0.1, 0.15) is 0 Å². The summed E-state index contributed by atoms with van der Waals surface area (Å²) >= 11 is 2.24. The molecule has 0 atom stereocenters. The number of halogens is 1. The molecule has 0 spiro atoms. The van der Waals surface area contributed by atoms with Crippen molar-refractivity contribution >= 4 is 34.5 Å². The van der Waals surface area contributed by atoms with Gasteiger partial charge < -0.3 is 9.84 Å². The SMILES string of the molecule is O=C(O)/C=C\C(=O)OCCCCI. The second-order valence-corrected chi connectivity index (χ2v) is 3.31. The third kappa shape index (κ3) is 9.32. The number of hydrogen-bond donors (Lipinski definition) is 1. The third-order valence-corrected chi connectivity index (χ3v) is 1.90. The lowest BCUT2D eigenvalue weighted by molar-refractivity contribution is -0.138. The van der Waals surface area contributed by atoms with Crippen LogP contribution in [0.25, 0.3) is 0 Å². The number of esters is 1. The minimum atomic E-state index is -1.15. The molecule has 0 radical (unpaired) electrons. The van der Waals surface area contributed by atoms with Crippen molar-refractivity contribution in [3.05, 3.63) is 12.2 Å². The van der Waals surface area contributed by atoms with E-state index < -0.39 is 11.9 Å². The molecule has 5 heteroatoms. The van der Waals surface area contributed by atoms with Crippen molar-refractivity contribution in [2.24, 2.45) is 0 Å². The van der Waals surface area contributed by atoms with Gasteiger partial charge in [-0.15, -0.1) is 0 Å². The first kappa shape index (κ1) is 12.4. The van der Waals surface area contributed by atoms with Gasteiger partial charge in [-0.1, -0.05) is 22.6 Å². The Bertz CT molecular complexity index is 200. The fourth-order valence-electron chi connectivity index (χ4n) is 0.557. The second-order valence-electron chi connectivity index (χ2n) is 2.24. The van der Waals surface area contributed by atoms with Crippen LogP contribution in [0.2, 0.25) is 0 Å². The van der Waals surface area contributed by atoms with Crippen LogP contribution in [-0.2, 0) is 14.3 Å². The Hall–Kier alpha value is -0.590. The molecule has 0 aromatic carbocycles. The highest BCUT2D eigenvalue weighted by atomic mass is 127. The molecule has 0 saturated heterocycles. The maximum Gasteiger partial charge on any atom is 0.331 e. The van der Waals surface area contributed by atoms with Crippen molar-refractivity contribution in [1.82, 2.24) is 0 Å². The monoisotopic (exact) mass is 298 g/mol. The molecule has 4 nitrogen and oxygen atoms in total. The van der Waals surface area contributed by atoms with Crippen molar-refractivity contribution in [3.63, 3.8) is 0 Å². The highest BCUT2D eigenvalue weighted by molar-refractivity contribution is 14.1. The smallest absolute Gasteiger partial charge is 0.331 e. The molecule has 0 amide bonds. The summed E-state index contributed by atoms with van der Waals surface area (Å²) in [5, 5.41) is 8.18. The topological polar surface area (TPSA) is 63.6 Å². The van der Waals surface area contributed by atoms with E-state index in [1.165, 1.54) is 0 Å². The normalized spacial score (nSPS) is 10.2. The predicted molar refractivity (Wildman–Crippen MR) is 55.9 cm³/mol. The van der Waals surface area contributed by atoms with E-state index >= 15 is 0 Å². The molecule has 0 aliphatic rings. The van der Waals surface area contributed by atoms with Crippen LogP contribution in [0.1, 0.15) is 12.8 Å². The lowest BCUT2D eigenvalue weighted by Gasteiger charge is -1.98. The Labute approximate surface area is 90.1 Å². The molecular weight excluding hydrogens is 287 g/mol. The number of ether oxygens (including phenoxy) is 1. The molecule has 0 bridgehead atoms. The van der Waals surface area contributed by atoms with Crippen molar-refractivity contribution in [3.8, 4) is 0 Å². The van der Waals surface area contributed by atoms with Gasteiger partial charge in [0, 0.05) is 12.2 Å². The van der Waals surface area contributed by atoms with Gasteiger partial charge in [-0.25, -0.2) is 9.59 Å². The Morgan fingerprint density at radius 1 is 1.31 bits per heavy atom. The lowest BCUT2D eigenvalue weighted by Crippen LogP contribution is -2.03. The first-order valence-corrected chi connectivity index (χ1v) is 5.33. The van der Waals surface area contributed by atoms with Crippen molar-refractivity contribution in [1.29, 1.82) is 0 Å². The number of alkyl halides is 1. The van der Waals surface area contributed by atoms with Gasteiger partial charge >= 0.3 is 11.9 Å². The average molecular weight is 298 g/mol. The van der Waals surface area contributed by atoms with Crippen LogP contribution >= 0.6 is 22.6 Å². The van der Waals surface area contributed by atoms with E-state index in [0.29, 0.717) is 6.61 Å². The number of unbranched alkanes of at least 4 members (excludes halogenated alkanes) is 1. The molecule has 0 saturated carbocycles. The van der Waals surface area contributed by atoms with Gasteiger partial charge in [-0.05, 0) is 17.3 Å². The zero-order valence-corrected chi connectivity index (χ0v) is 9.19. The van der Waals surface area contributed by atoms with Gasteiger partial charge in [-0.3, -0.25) is 0 Å². The van der Waals surface area contributed by atoms with E-state index in [2.05, 4.69) is 22.6 Å². The minimum Gasteiger partial charge on any atom is -0.478 e. The maximum absolute atomic E-state index is 10.7. The number of carbonyl (C=O) groups is 2. The van der Waals surface area contributed by atoms with Crippen LogP contribution in [0, 0.1) is 0 Å². The third-order valence-electron chi connectivity index (χ3n) is 1.13. The molecule has 74 valence electrons. The summed E-state index contributed by atoms with van der Waals surface area (Å²) in [6.07, 6.45) is 3.49. The molecule has 0 unspecified atom stereocenters. The fourth-order valence-corrected chi connectivity index (χ4v) is 1.10. The minimum absolute atomic E-state index is 0.353. The number of carboxylic acids is 1. The first-order chi connectivity index (χ1) is 6.16. The van der Waals surface area contributed by atoms with Crippen LogP contribution in [0.5, 0.6) is 0 Å². The van der Waals surface area contributed by atoms with Crippen LogP contribution < -0.4 is 0 Å². The number of carbonyl (C=O) groups excluding carboxylic acids is 1. The van der Waals surface area contributed by atoms with Gasteiger partial charge in [0.15, 0.2) is 0 Å². The summed E-state index contributed by atoms with van der Waals surface area (Å²) in [4.78, 5) is 20.7. The Balaban J connectivity index is 3.46. The maximum atomic E-state index is 10.7. The number of carboxylic acid groups (broad SMARTS) is 1. The zero-order chi connectivity index (χ0) is 10.1. The summed E-state index contributed by atoms with van der Waals surface area (Å²) in [7, 11) is 0. The van der Waals surface area contributed by atoms with Gasteiger partial charge in [0.05, 0.1) is 6.61 Å². The van der Waals surface area contributed by atoms with Crippen molar-refractivity contribution in [2.45, 2.75) is 12.8 Å². The Kier molecular flexibility index (Phi) is 7.66. The van der Waals surface area contributed by atoms with Gasteiger partial charge in [-0.2, -0.15) is 0 Å². The molecule has 0 heterocycles. The predicted octanol–water partition coefficient (Wildman–Crippen LogP) is 1.39. The molecule has 0 rings (SSSR count). The van der Waals surface area contributed by atoms with Crippen LogP contribution in [0.4, 0.5) is 0 Å². The largest absolute Gasteiger partial charge is 0.478 e. The summed E-state index contributed by atoms with van der Waals surface area (Å²) < 4.78 is 5.73. The van der Waals surface area contributed by atoms with E-state index in [1.54, 1.807) is 0 Å². The summed E-state index contributed by atoms with van der Waals surface area (Å²) in [6, 6.07) is 0. The number of hydrogen-bond acceptors (Lipinski definition) is 3. The molecule has 13 heavy (non-hydrogen) atoms. The van der Waals surface area contributed by atoms with Crippen LogP contribution in [0.3, 0.4) is 0 Å². The number of aliphatic carboxylic acids is 1. The standard InChI is InChI=1S/C8H11IO4/c9-5-1-2-6-13-8(12)4-3-7(10)11/h3-4H,1-2,5-6H2,(H,10,11)/b4-3-. The van der Waals surface area contributed by atoms with E-state index in [9.17, 15) is 9.59 Å². The summed E-state index contributed by atoms with van der Waals surface area (Å²) in [5.74, 6) is -1.75.